The maximum atomic E-state index is 9.16. The van der Waals surface area contributed by atoms with Crippen LogP contribution in [0.5, 0.6) is 0 Å². The van der Waals surface area contributed by atoms with Crippen LogP contribution >= 0.6 is 27.3 Å². The van der Waals surface area contributed by atoms with Gasteiger partial charge in [-0.3, -0.25) is 4.90 Å². The second kappa shape index (κ2) is 5.10. The zero-order chi connectivity index (χ0) is 9.84. The molecule has 1 aromatic rings. The van der Waals surface area contributed by atoms with E-state index in [1.165, 1.54) is 5.56 Å². The highest BCUT2D eigenvalue weighted by atomic mass is 79.9. The molecule has 2 nitrogen and oxygen atoms in total. The molecule has 0 spiro atoms. The second-order valence-electron chi connectivity index (χ2n) is 3.30. The largest absolute Gasteiger partial charge is 0.392 e. The number of halogens is 1. The monoisotopic (exact) mass is 263 g/mol. The van der Waals surface area contributed by atoms with E-state index in [2.05, 4.69) is 32.3 Å². The Labute approximate surface area is 91.3 Å². The summed E-state index contributed by atoms with van der Waals surface area (Å²) in [6.45, 7) is 3.42. The molecular formula is C9H14BrNOS. The van der Waals surface area contributed by atoms with Gasteiger partial charge in [-0.2, -0.15) is 0 Å². The van der Waals surface area contributed by atoms with Gasteiger partial charge in [0, 0.05) is 13.1 Å². The first kappa shape index (κ1) is 11.2. The molecule has 0 aliphatic heterocycles. The number of rotatable bonds is 4. The van der Waals surface area contributed by atoms with Crippen molar-refractivity contribution < 1.29 is 5.11 Å². The second-order valence-corrected chi connectivity index (χ2v) is 5.60. The third-order valence-corrected chi connectivity index (χ3v) is 3.20. The van der Waals surface area contributed by atoms with E-state index >= 15 is 0 Å². The lowest BCUT2D eigenvalue weighted by molar-refractivity contribution is 0.138. The summed E-state index contributed by atoms with van der Waals surface area (Å²) in [6.07, 6.45) is -0.257. The topological polar surface area (TPSA) is 23.5 Å². The Kier molecular flexibility index (Phi) is 4.38. The van der Waals surface area contributed by atoms with Gasteiger partial charge in [0.15, 0.2) is 0 Å². The fourth-order valence-electron chi connectivity index (χ4n) is 1.26. The smallest absolute Gasteiger partial charge is 0.0701 e. The number of hydrogen-bond acceptors (Lipinski definition) is 3. The van der Waals surface area contributed by atoms with Crippen LogP contribution in [0.2, 0.25) is 0 Å². The average Bonchev–Trinajstić information content (AvgIpc) is 2.33. The first-order valence-corrected chi connectivity index (χ1v) is 5.84. The van der Waals surface area contributed by atoms with E-state index in [-0.39, 0.29) is 6.10 Å². The Balaban J connectivity index is 2.40. The lowest BCUT2D eigenvalue weighted by Crippen LogP contribution is -2.26. The van der Waals surface area contributed by atoms with Crippen LogP contribution in [0.15, 0.2) is 15.2 Å². The number of likely N-dealkylation sites (N-methyl/N-ethyl adjacent to an activating group) is 1. The molecule has 0 aromatic carbocycles. The molecule has 1 N–H and O–H groups in total. The molecule has 4 heteroatoms. The van der Waals surface area contributed by atoms with Crippen molar-refractivity contribution in [2.24, 2.45) is 0 Å². The van der Waals surface area contributed by atoms with Crippen LogP contribution < -0.4 is 0 Å². The normalized spacial score (nSPS) is 13.6. The van der Waals surface area contributed by atoms with Gasteiger partial charge in [0.1, 0.15) is 0 Å². The molecule has 1 atom stereocenters. The molecule has 0 saturated carbocycles. The van der Waals surface area contributed by atoms with Crippen molar-refractivity contribution in [1.29, 1.82) is 0 Å². The predicted molar refractivity (Wildman–Crippen MR) is 60.0 cm³/mol. The molecule has 0 saturated heterocycles. The van der Waals surface area contributed by atoms with Gasteiger partial charge < -0.3 is 5.11 Å². The van der Waals surface area contributed by atoms with Crippen molar-refractivity contribution in [2.45, 2.75) is 19.6 Å². The van der Waals surface area contributed by atoms with E-state index in [9.17, 15) is 0 Å². The Bertz CT molecular complexity index is 262. The zero-order valence-corrected chi connectivity index (χ0v) is 10.2. The third kappa shape index (κ3) is 4.22. The molecule has 0 aliphatic carbocycles. The van der Waals surface area contributed by atoms with Crippen molar-refractivity contribution >= 4 is 27.3 Å². The van der Waals surface area contributed by atoms with Gasteiger partial charge >= 0.3 is 0 Å². The molecule has 1 heterocycles. The summed E-state index contributed by atoms with van der Waals surface area (Å²) in [5, 5.41) is 11.3. The first-order valence-electron chi connectivity index (χ1n) is 4.17. The van der Waals surface area contributed by atoms with Crippen LogP contribution in [0.3, 0.4) is 0 Å². The van der Waals surface area contributed by atoms with Crippen molar-refractivity contribution in [2.75, 3.05) is 13.6 Å². The number of thiophene rings is 1. The lowest BCUT2D eigenvalue weighted by atomic mass is 10.3. The van der Waals surface area contributed by atoms with Crippen molar-refractivity contribution in [3.05, 3.63) is 20.8 Å². The predicted octanol–water partition coefficient (Wildman–Crippen LogP) is 2.32. The number of aliphatic hydroxyl groups is 1. The van der Waals surface area contributed by atoms with E-state index in [0.717, 1.165) is 10.3 Å². The summed E-state index contributed by atoms with van der Waals surface area (Å²) in [5.74, 6) is 0. The van der Waals surface area contributed by atoms with Gasteiger partial charge in [-0.05, 0) is 46.9 Å². The third-order valence-electron chi connectivity index (χ3n) is 1.65. The van der Waals surface area contributed by atoms with Crippen LogP contribution in [-0.2, 0) is 6.54 Å². The summed E-state index contributed by atoms with van der Waals surface area (Å²) < 4.78 is 1.16. The Morgan fingerprint density at radius 1 is 1.69 bits per heavy atom. The quantitative estimate of drug-likeness (QED) is 0.902. The summed E-state index contributed by atoms with van der Waals surface area (Å²) in [5.41, 5.74) is 1.29. The lowest BCUT2D eigenvalue weighted by Gasteiger charge is -2.17. The molecule has 74 valence electrons. The minimum atomic E-state index is -0.257. The molecule has 0 bridgehead atoms. The Morgan fingerprint density at radius 3 is 2.85 bits per heavy atom. The summed E-state index contributed by atoms with van der Waals surface area (Å²) in [7, 11) is 2.01. The van der Waals surface area contributed by atoms with Crippen LogP contribution in [0.4, 0.5) is 0 Å². The summed E-state index contributed by atoms with van der Waals surface area (Å²) in [4.78, 5) is 2.11. The van der Waals surface area contributed by atoms with Gasteiger partial charge in [0.2, 0.25) is 0 Å². The van der Waals surface area contributed by atoms with Crippen LogP contribution in [0.25, 0.3) is 0 Å². The van der Waals surface area contributed by atoms with Crippen molar-refractivity contribution in [3.8, 4) is 0 Å². The van der Waals surface area contributed by atoms with Gasteiger partial charge in [0.25, 0.3) is 0 Å². The summed E-state index contributed by atoms with van der Waals surface area (Å²) in [6, 6.07) is 2.11. The van der Waals surface area contributed by atoms with Crippen LogP contribution in [-0.4, -0.2) is 29.7 Å². The molecule has 0 unspecified atom stereocenters. The average molecular weight is 264 g/mol. The number of hydrogen-bond donors (Lipinski definition) is 1. The molecule has 0 radical (unpaired) electrons. The van der Waals surface area contributed by atoms with Crippen LogP contribution in [0.1, 0.15) is 12.5 Å². The highest BCUT2D eigenvalue weighted by molar-refractivity contribution is 9.11. The molecule has 0 fully saturated rings. The first-order chi connectivity index (χ1) is 6.08. The molecule has 13 heavy (non-hydrogen) atoms. The minimum Gasteiger partial charge on any atom is -0.392 e. The molecule has 1 aromatic heterocycles. The van der Waals surface area contributed by atoms with E-state index in [1.54, 1.807) is 18.3 Å². The van der Waals surface area contributed by atoms with Gasteiger partial charge in [0.05, 0.1) is 9.89 Å². The standard InChI is InChI=1S/C9H14BrNOS/c1-7(12)4-11(2)5-8-3-9(10)13-6-8/h3,6-7,12H,4-5H2,1-2H3/t7-/m0/s1. The zero-order valence-electron chi connectivity index (χ0n) is 7.83. The van der Waals surface area contributed by atoms with E-state index in [4.69, 9.17) is 5.11 Å². The van der Waals surface area contributed by atoms with E-state index in [1.807, 2.05) is 7.05 Å². The van der Waals surface area contributed by atoms with E-state index < -0.39 is 0 Å². The van der Waals surface area contributed by atoms with Crippen LogP contribution in [0, 0.1) is 0 Å². The fourth-order valence-corrected chi connectivity index (χ4v) is 2.46. The fraction of sp³-hybridized carbons (Fsp3) is 0.556. The highest BCUT2D eigenvalue weighted by Gasteiger charge is 2.04. The number of nitrogens with zero attached hydrogens (tertiary/aromatic N) is 1. The minimum absolute atomic E-state index is 0.257. The maximum absolute atomic E-state index is 9.16. The summed E-state index contributed by atoms with van der Waals surface area (Å²) >= 11 is 5.12. The van der Waals surface area contributed by atoms with Gasteiger partial charge in [-0.25, -0.2) is 0 Å². The molecule has 0 aliphatic rings. The van der Waals surface area contributed by atoms with Crippen molar-refractivity contribution in [3.63, 3.8) is 0 Å². The SMILES string of the molecule is C[C@H](O)CN(C)Cc1csc(Br)c1. The van der Waals surface area contributed by atoms with E-state index in [0.29, 0.717) is 6.54 Å². The molecular weight excluding hydrogens is 250 g/mol. The Hall–Kier alpha value is 0.100. The van der Waals surface area contributed by atoms with Gasteiger partial charge in [-0.1, -0.05) is 0 Å². The number of aliphatic hydroxyl groups excluding tert-OH is 1. The molecule has 1 rings (SSSR count). The molecule has 0 amide bonds. The Morgan fingerprint density at radius 2 is 2.38 bits per heavy atom. The highest BCUT2D eigenvalue weighted by Crippen LogP contribution is 2.21. The van der Waals surface area contributed by atoms with Crippen molar-refractivity contribution in [1.82, 2.24) is 4.90 Å². The van der Waals surface area contributed by atoms with Gasteiger partial charge in [-0.15, -0.1) is 11.3 Å². The maximum Gasteiger partial charge on any atom is 0.0701 e.